The minimum absolute atomic E-state index is 0.0181. The summed E-state index contributed by atoms with van der Waals surface area (Å²) < 4.78 is 5.96. The fraction of sp³-hybridized carbons (Fsp3) is 0.684. The Kier molecular flexibility index (Phi) is 6.64. The molecule has 1 aromatic heterocycles. The van der Waals surface area contributed by atoms with Crippen LogP contribution in [0.2, 0.25) is 0 Å². The van der Waals surface area contributed by atoms with Gasteiger partial charge in [-0.25, -0.2) is 4.79 Å². The van der Waals surface area contributed by atoms with Crippen LogP contribution in [-0.4, -0.2) is 72.8 Å². The van der Waals surface area contributed by atoms with E-state index in [-0.39, 0.29) is 12.1 Å². The maximum absolute atomic E-state index is 12.5. The van der Waals surface area contributed by atoms with Gasteiger partial charge >= 0.3 is 6.03 Å². The number of ether oxygens (including phenoxy) is 1. The lowest BCUT2D eigenvalue weighted by atomic mass is 10.2. The molecule has 138 valence electrons. The monoisotopic (exact) mass is 346 g/mol. The number of nitrogens with one attached hydrogen (secondary N) is 1. The quantitative estimate of drug-likeness (QED) is 0.884. The molecule has 3 heterocycles. The Morgan fingerprint density at radius 1 is 1.28 bits per heavy atom. The van der Waals surface area contributed by atoms with Gasteiger partial charge in [-0.2, -0.15) is 0 Å². The lowest BCUT2D eigenvalue weighted by molar-refractivity contribution is 0.0350. The molecule has 2 aliphatic heterocycles. The van der Waals surface area contributed by atoms with Crippen molar-refractivity contribution in [3.05, 3.63) is 29.6 Å². The van der Waals surface area contributed by atoms with Crippen molar-refractivity contribution < 1.29 is 9.53 Å². The molecule has 2 amide bonds. The molecule has 2 fully saturated rings. The highest BCUT2D eigenvalue weighted by atomic mass is 16.5. The van der Waals surface area contributed by atoms with E-state index in [1.807, 2.05) is 30.0 Å². The second-order valence-electron chi connectivity index (χ2n) is 7.05. The molecule has 1 N–H and O–H groups in total. The highest BCUT2D eigenvalue weighted by molar-refractivity contribution is 5.74. The van der Waals surface area contributed by atoms with Gasteiger partial charge in [0.15, 0.2) is 0 Å². The summed E-state index contributed by atoms with van der Waals surface area (Å²) in [5, 5.41) is 3.04. The average Bonchev–Trinajstić information content (AvgIpc) is 2.99. The highest BCUT2D eigenvalue weighted by Gasteiger charge is 2.25. The van der Waals surface area contributed by atoms with Crippen LogP contribution in [0.25, 0.3) is 0 Å². The van der Waals surface area contributed by atoms with Crippen molar-refractivity contribution in [2.24, 2.45) is 0 Å². The van der Waals surface area contributed by atoms with E-state index in [2.05, 4.69) is 15.2 Å². The van der Waals surface area contributed by atoms with Crippen LogP contribution in [0.5, 0.6) is 0 Å². The minimum atomic E-state index is 0.0181. The second-order valence-corrected chi connectivity index (χ2v) is 7.05. The molecule has 3 rings (SSSR count). The van der Waals surface area contributed by atoms with Crippen molar-refractivity contribution in [3.8, 4) is 0 Å². The van der Waals surface area contributed by atoms with Crippen LogP contribution in [-0.2, 0) is 11.2 Å². The molecule has 25 heavy (non-hydrogen) atoms. The van der Waals surface area contributed by atoms with Gasteiger partial charge in [0.25, 0.3) is 0 Å². The number of hydrogen-bond acceptors (Lipinski definition) is 4. The molecule has 0 spiro atoms. The molecule has 1 aromatic rings. The second kappa shape index (κ2) is 9.15. The molecular weight excluding hydrogens is 316 g/mol. The number of carbonyl (C=O) groups is 1. The number of nitrogens with zero attached hydrogens (tertiary/aromatic N) is 3. The largest absolute Gasteiger partial charge is 0.375 e. The fourth-order valence-corrected chi connectivity index (χ4v) is 3.59. The molecule has 0 radical (unpaired) electrons. The van der Waals surface area contributed by atoms with Gasteiger partial charge in [-0.15, -0.1) is 0 Å². The number of urea groups is 1. The normalized spacial score (nSPS) is 22.0. The van der Waals surface area contributed by atoms with E-state index in [1.165, 1.54) is 12.8 Å². The Morgan fingerprint density at radius 3 is 2.92 bits per heavy atom. The molecule has 6 heteroatoms. The van der Waals surface area contributed by atoms with E-state index in [9.17, 15) is 4.79 Å². The van der Waals surface area contributed by atoms with Gasteiger partial charge in [-0.3, -0.25) is 4.98 Å². The number of hydrogen-bond donors (Lipinski definition) is 1. The maximum atomic E-state index is 12.5. The van der Waals surface area contributed by atoms with E-state index in [4.69, 9.17) is 4.74 Å². The van der Waals surface area contributed by atoms with Gasteiger partial charge in [0.05, 0.1) is 6.10 Å². The minimum Gasteiger partial charge on any atom is -0.375 e. The van der Waals surface area contributed by atoms with E-state index >= 15 is 0 Å². The first-order valence-electron chi connectivity index (χ1n) is 9.50. The summed E-state index contributed by atoms with van der Waals surface area (Å²) in [7, 11) is 0. The van der Waals surface area contributed by atoms with Gasteiger partial charge in [-0.05, 0) is 51.4 Å². The molecule has 0 aliphatic carbocycles. The van der Waals surface area contributed by atoms with E-state index < -0.39 is 0 Å². The average molecular weight is 346 g/mol. The zero-order chi connectivity index (χ0) is 17.5. The Balaban J connectivity index is 1.44. The maximum Gasteiger partial charge on any atom is 0.317 e. The lowest BCUT2D eigenvalue weighted by Gasteiger charge is -2.27. The van der Waals surface area contributed by atoms with Crippen molar-refractivity contribution in [2.75, 3.05) is 45.9 Å². The van der Waals surface area contributed by atoms with Crippen LogP contribution in [0.1, 0.15) is 30.7 Å². The van der Waals surface area contributed by atoms with Crippen LogP contribution in [0.15, 0.2) is 18.2 Å². The summed E-state index contributed by atoms with van der Waals surface area (Å²) >= 11 is 0. The molecule has 2 aliphatic rings. The van der Waals surface area contributed by atoms with Crippen LogP contribution < -0.4 is 5.32 Å². The Bertz CT molecular complexity index is 560. The molecule has 1 atom stereocenters. The first kappa shape index (κ1) is 18.1. The number of pyridine rings is 1. The number of rotatable bonds is 5. The van der Waals surface area contributed by atoms with Gasteiger partial charge in [-0.1, -0.05) is 6.07 Å². The molecule has 0 saturated carbocycles. The van der Waals surface area contributed by atoms with Gasteiger partial charge in [0.2, 0.25) is 0 Å². The standard InChI is InChI=1S/C19H30N4O2/c1-16-6-4-7-17(21-16)8-9-20-19(24)23-12-5-13-25-18(15-23)14-22-10-2-3-11-22/h4,6-7,18H,2-3,5,8-15H2,1H3,(H,20,24)/t18-/m0/s1. The third-order valence-corrected chi connectivity index (χ3v) is 4.90. The highest BCUT2D eigenvalue weighted by Crippen LogP contribution is 2.12. The van der Waals surface area contributed by atoms with E-state index in [0.29, 0.717) is 13.1 Å². The Morgan fingerprint density at radius 2 is 2.12 bits per heavy atom. The molecule has 0 bridgehead atoms. The number of carbonyl (C=O) groups excluding carboxylic acids is 1. The predicted octanol–water partition coefficient (Wildman–Crippen LogP) is 1.83. The summed E-state index contributed by atoms with van der Waals surface area (Å²) in [6, 6.07) is 6.02. The van der Waals surface area contributed by atoms with Crippen molar-refractivity contribution in [1.29, 1.82) is 0 Å². The zero-order valence-corrected chi connectivity index (χ0v) is 15.2. The number of aromatic nitrogens is 1. The summed E-state index contributed by atoms with van der Waals surface area (Å²) in [5.74, 6) is 0. The van der Waals surface area contributed by atoms with E-state index in [1.54, 1.807) is 0 Å². The summed E-state index contributed by atoms with van der Waals surface area (Å²) in [6.07, 6.45) is 4.36. The third-order valence-electron chi connectivity index (χ3n) is 4.90. The summed E-state index contributed by atoms with van der Waals surface area (Å²) in [4.78, 5) is 21.4. The first-order chi connectivity index (χ1) is 12.2. The fourth-order valence-electron chi connectivity index (χ4n) is 3.59. The zero-order valence-electron chi connectivity index (χ0n) is 15.2. The van der Waals surface area contributed by atoms with Crippen LogP contribution in [0, 0.1) is 6.92 Å². The smallest absolute Gasteiger partial charge is 0.317 e. The van der Waals surface area contributed by atoms with Crippen LogP contribution in [0.3, 0.4) is 0 Å². The molecule has 6 nitrogen and oxygen atoms in total. The van der Waals surface area contributed by atoms with Crippen molar-refractivity contribution in [3.63, 3.8) is 0 Å². The number of amides is 2. The van der Waals surface area contributed by atoms with E-state index in [0.717, 1.165) is 57.0 Å². The van der Waals surface area contributed by atoms with Gasteiger partial charge in [0.1, 0.15) is 0 Å². The van der Waals surface area contributed by atoms with Gasteiger partial charge < -0.3 is 19.9 Å². The summed E-state index contributed by atoms with van der Waals surface area (Å²) in [6.45, 7) is 8.07. The predicted molar refractivity (Wildman–Crippen MR) is 97.7 cm³/mol. The Labute approximate surface area is 150 Å². The van der Waals surface area contributed by atoms with Gasteiger partial charge in [0, 0.05) is 50.6 Å². The number of likely N-dealkylation sites (tertiary alicyclic amines) is 1. The van der Waals surface area contributed by atoms with Crippen molar-refractivity contribution in [1.82, 2.24) is 20.1 Å². The van der Waals surface area contributed by atoms with Crippen LogP contribution in [0.4, 0.5) is 4.79 Å². The molecule has 0 aromatic carbocycles. The molecule has 2 saturated heterocycles. The molecule has 0 unspecified atom stereocenters. The Hall–Kier alpha value is -1.66. The van der Waals surface area contributed by atoms with Crippen LogP contribution >= 0.6 is 0 Å². The van der Waals surface area contributed by atoms with Crippen molar-refractivity contribution in [2.45, 2.75) is 38.7 Å². The third kappa shape index (κ3) is 5.68. The molecular formula is C19H30N4O2. The summed E-state index contributed by atoms with van der Waals surface area (Å²) in [5.41, 5.74) is 2.03. The SMILES string of the molecule is Cc1cccc(CCNC(=O)N2CCCO[C@@H](CN3CCCC3)C2)n1. The first-order valence-corrected chi connectivity index (χ1v) is 9.50. The van der Waals surface area contributed by atoms with Crippen molar-refractivity contribution >= 4 is 6.03 Å². The lowest BCUT2D eigenvalue weighted by Crippen LogP contribution is -2.46. The topological polar surface area (TPSA) is 57.7 Å². The number of aryl methyl sites for hydroxylation is 1.